The van der Waals surface area contributed by atoms with Crippen LogP contribution in [0.3, 0.4) is 0 Å². The summed E-state index contributed by atoms with van der Waals surface area (Å²) in [5.74, 6) is 0. The van der Waals surface area contributed by atoms with E-state index < -0.39 is 0 Å². The Bertz CT molecular complexity index is 1040. The molecule has 2 heterocycles. The van der Waals surface area contributed by atoms with Gasteiger partial charge in [-0.2, -0.15) is 10.2 Å². The van der Waals surface area contributed by atoms with E-state index in [1.165, 1.54) is 4.68 Å². The fraction of sp³-hybridized carbons (Fsp3) is 0.368. The van der Waals surface area contributed by atoms with Gasteiger partial charge in [0.15, 0.2) is 0 Å². The van der Waals surface area contributed by atoms with Gasteiger partial charge in [-0.05, 0) is 19.9 Å². The van der Waals surface area contributed by atoms with Crippen LogP contribution >= 0.6 is 0 Å². The first-order chi connectivity index (χ1) is 12.9. The molecule has 8 heteroatoms. The van der Waals surface area contributed by atoms with E-state index in [0.29, 0.717) is 25.0 Å². The molecule has 2 aromatic heterocycles. The zero-order valence-corrected chi connectivity index (χ0v) is 16.1. The first kappa shape index (κ1) is 18.6. The van der Waals surface area contributed by atoms with Gasteiger partial charge >= 0.3 is 6.03 Å². The molecule has 142 valence electrons. The fourth-order valence-electron chi connectivity index (χ4n) is 3.05. The smallest absolute Gasteiger partial charge is 0.317 e. The molecule has 1 N–H and O–H groups in total. The standard InChI is InChI=1S/C19H24N6O2/c1-13-17(14(2)24(4)22-13)12-23(3)19(27)20-9-10-25-18(26)16-8-6-5-7-15(16)11-21-25/h5-8,11H,9-10,12H2,1-4H3,(H,20,27). The number of carbonyl (C=O) groups excluding carboxylic acids is 1. The lowest BCUT2D eigenvalue weighted by Gasteiger charge is -2.18. The molecule has 0 unspecified atom stereocenters. The van der Waals surface area contributed by atoms with Gasteiger partial charge in [0, 0.05) is 37.3 Å². The highest BCUT2D eigenvalue weighted by Crippen LogP contribution is 2.13. The van der Waals surface area contributed by atoms with E-state index >= 15 is 0 Å². The molecule has 3 rings (SSSR count). The molecule has 0 spiro atoms. The van der Waals surface area contributed by atoms with Gasteiger partial charge in [0.25, 0.3) is 5.56 Å². The maximum atomic E-state index is 12.4. The molecule has 0 aliphatic rings. The van der Waals surface area contributed by atoms with Crippen LogP contribution in [0.15, 0.2) is 35.3 Å². The third kappa shape index (κ3) is 3.84. The van der Waals surface area contributed by atoms with Gasteiger partial charge in [-0.15, -0.1) is 0 Å². The Balaban J connectivity index is 1.59. The average Bonchev–Trinajstić information content (AvgIpc) is 2.89. The second-order valence-corrected chi connectivity index (χ2v) is 6.62. The summed E-state index contributed by atoms with van der Waals surface area (Å²) in [6.07, 6.45) is 1.67. The van der Waals surface area contributed by atoms with Gasteiger partial charge in [-0.3, -0.25) is 9.48 Å². The number of fused-ring (bicyclic) bond motifs is 1. The van der Waals surface area contributed by atoms with Crippen molar-refractivity contribution in [1.29, 1.82) is 0 Å². The normalized spacial score (nSPS) is 11.0. The summed E-state index contributed by atoms with van der Waals surface area (Å²) in [6.45, 7) is 5.03. The summed E-state index contributed by atoms with van der Waals surface area (Å²) in [7, 11) is 3.63. The predicted octanol–water partition coefficient (Wildman–Crippen LogP) is 1.59. The third-order valence-electron chi connectivity index (χ3n) is 4.76. The topological polar surface area (TPSA) is 85.1 Å². The first-order valence-corrected chi connectivity index (χ1v) is 8.81. The van der Waals surface area contributed by atoms with Gasteiger partial charge < -0.3 is 10.2 Å². The van der Waals surface area contributed by atoms with Crippen molar-refractivity contribution in [2.75, 3.05) is 13.6 Å². The molecule has 0 radical (unpaired) electrons. The minimum absolute atomic E-state index is 0.155. The minimum atomic E-state index is -0.202. The summed E-state index contributed by atoms with van der Waals surface area (Å²) in [5.41, 5.74) is 2.85. The molecular formula is C19H24N6O2. The van der Waals surface area contributed by atoms with Crippen molar-refractivity contribution in [1.82, 2.24) is 29.8 Å². The van der Waals surface area contributed by atoms with Gasteiger partial charge in [0.1, 0.15) is 0 Å². The maximum absolute atomic E-state index is 12.4. The predicted molar refractivity (Wildman–Crippen MR) is 104 cm³/mol. The van der Waals surface area contributed by atoms with Crippen molar-refractivity contribution < 1.29 is 4.79 Å². The van der Waals surface area contributed by atoms with Crippen LogP contribution in [0.1, 0.15) is 17.0 Å². The van der Waals surface area contributed by atoms with Crippen molar-refractivity contribution in [3.05, 3.63) is 57.8 Å². The van der Waals surface area contributed by atoms with E-state index in [9.17, 15) is 9.59 Å². The molecule has 0 atom stereocenters. The van der Waals surface area contributed by atoms with Gasteiger partial charge in [0.05, 0.1) is 30.4 Å². The Morgan fingerprint density at radius 1 is 1.26 bits per heavy atom. The Morgan fingerprint density at radius 2 is 2.00 bits per heavy atom. The maximum Gasteiger partial charge on any atom is 0.317 e. The number of hydrogen-bond acceptors (Lipinski definition) is 4. The number of hydrogen-bond donors (Lipinski definition) is 1. The SMILES string of the molecule is Cc1nn(C)c(C)c1CN(C)C(=O)NCCn1ncc2ccccc2c1=O. The van der Waals surface area contributed by atoms with Gasteiger partial charge in [-0.25, -0.2) is 9.48 Å². The lowest BCUT2D eigenvalue weighted by Crippen LogP contribution is -2.39. The zero-order valence-electron chi connectivity index (χ0n) is 16.1. The average molecular weight is 368 g/mol. The molecule has 1 aromatic carbocycles. The molecule has 0 aliphatic carbocycles. The minimum Gasteiger partial charge on any atom is -0.336 e. The largest absolute Gasteiger partial charge is 0.336 e. The Labute approximate surface area is 157 Å². The van der Waals surface area contributed by atoms with Crippen molar-refractivity contribution in [3.63, 3.8) is 0 Å². The summed E-state index contributed by atoms with van der Waals surface area (Å²) < 4.78 is 3.19. The van der Waals surface area contributed by atoms with Gasteiger partial charge in [0.2, 0.25) is 0 Å². The highest BCUT2D eigenvalue weighted by molar-refractivity contribution is 5.80. The summed E-state index contributed by atoms with van der Waals surface area (Å²) >= 11 is 0. The van der Waals surface area contributed by atoms with Crippen LogP contribution in [-0.2, 0) is 20.1 Å². The molecule has 0 bridgehead atoms. The van der Waals surface area contributed by atoms with Crippen LogP contribution in [0.4, 0.5) is 4.79 Å². The van der Waals surface area contributed by atoms with E-state index in [-0.39, 0.29) is 11.6 Å². The van der Waals surface area contributed by atoms with E-state index in [0.717, 1.165) is 22.3 Å². The van der Waals surface area contributed by atoms with Crippen molar-refractivity contribution in [2.45, 2.75) is 26.9 Å². The molecule has 0 aliphatic heterocycles. The first-order valence-electron chi connectivity index (χ1n) is 8.81. The molecule has 3 aromatic rings. The van der Waals surface area contributed by atoms with E-state index in [1.54, 1.807) is 24.2 Å². The van der Waals surface area contributed by atoms with Crippen LogP contribution in [0.5, 0.6) is 0 Å². The number of urea groups is 1. The number of rotatable bonds is 5. The van der Waals surface area contributed by atoms with E-state index in [1.807, 2.05) is 43.8 Å². The highest BCUT2D eigenvalue weighted by atomic mass is 16.2. The lowest BCUT2D eigenvalue weighted by molar-refractivity contribution is 0.206. The molecule has 0 fully saturated rings. The fourth-order valence-corrected chi connectivity index (χ4v) is 3.05. The second kappa shape index (κ2) is 7.61. The zero-order chi connectivity index (χ0) is 19.6. The Morgan fingerprint density at radius 3 is 2.70 bits per heavy atom. The number of benzene rings is 1. The Kier molecular flexibility index (Phi) is 5.25. The van der Waals surface area contributed by atoms with Crippen LogP contribution in [-0.4, -0.2) is 44.1 Å². The second-order valence-electron chi connectivity index (χ2n) is 6.62. The van der Waals surface area contributed by atoms with E-state index in [2.05, 4.69) is 15.5 Å². The molecule has 0 saturated heterocycles. The molecule has 27 heavy (non-hydrogen) atoms. The summed E-state index contributed by atoms with van der Waals surface area (Å²) in [5, 5.41) is 12.8. The number of nitrogens with zero attached hydrogens (tertiary/aromatic N) is 5. The lowest BCUT2D eigenvalue weighted by atomic mass is 10.2. The Hall–Kier alpha value is -3.16. The number of aryl methyl sites for hydroxylation is 2. The quantitative estimate of drug-likeness (QED) is 0.741. The number of aromatic nitrogens is 4. The van der Waals surface area contributed by atoms with Crippen molar-refractivity contribution >= 4 is 16.8 Å². The number of amides is 2. The van der Waals surface area contributed by atoms with E-state index in [4.69, 9.17) is 0 Å². The van der Waals surface area contributed by atoms with Crippen molar-refractivity contribution in [3.8, 4) is 0 Å². The monoisotopic (exact) mass is 368 g/mol. The molecule has 0 saturated carbocycles. The molecule has 8 nitrogen and oxygen atoms in total. The highest BCUT2D eigenvalue weighted by Gasteiger charge is 2.15. The summed E-state index contributed by atoms with van der Waals surface area (Å²) in [4.78, 5) is 26.4. The van der Waals surface area contributed by atoms with Crippen LogP contribution < -0.4 is 10.9 Å². The van der Waals surface area contributed by atoms with Gasteiger partial charge in [-0.1, -0.05) is 18.2 Å². The summed E-state index contributed by atoms with van der Waals surface area (Å²) in [6, 6.07) is 7.13. The molecule has 2 amide bonds. The third-order valence-corrected chi connectivity index (χ3v) is 4.76. The van der Waals surface area contributed by atoms with Crippen LogP contribution in [0, 0.1) is 13.8 Å². The van der Waals surface area contributed by atoms with Crippen molar-refractivity contribution in [2.24, 2.45) is 7.05 Å². The van der Waals surface area contributed by atoms with Crippen LogP contribution in [0.25, 0.3) is 10.8 Å². The number of nitrogens with one attached hydrogen (secondary N) is 1. The molecular weight excluding hydrogens is 344 g/mol. The number of carbonyl (C=O) groups is 1. The van der Waals surface area contributed by atoms with Crippen LogP contribution in [0.2, 0.25) is 0 Å².